The highest BCUT2D eigenvalue weighted by molar-refractivity contribution is 5.06. The van der Waals surface area contributed by atoms with Gasteiger partial charge in [-0.15, -0.1) is 0 Å². The second-order valence-corrected chi connectivity index (χ2v) is 2.19. The number of rotatable bonds is 3. The van der Waals surface area contributed by atoms with Crippen LogP contribution in [0.15, 0.2) is 24.2 Å². The van der Waals surface area contributed by atoms with Crippen molar-refractivity contribution in [3.05, 3.63) is 24.2 Å². The van der Waals surface area contributed by atoms with Crippen LogP contribution in [0.25, 0.3) is 0 Å². The van der Waals surface area contributed by atoms with Crippen LogP contribution in [0.5, 0.6) is 0 Å². The van der Waals surface area contributed by atoms with Crippen molar-refractivity contribution in [3.8, 4) is 0 Å². The van der Waals surface area contributed by atoms with Crippen molar-refractivity contribution in [1.82, 2.24) is 0 Å². The SMILES string of the molecule is FC(F)=C(F)O/C=C(\F)C(F)(F)C(F)(F)F. The molecule has 0 aliphatic carbocycles. The second kappa shape index (κ2) is 4.66. The molecular formula is C6HF9O. The number of hydrogen-bond donors (Lipinski definition) is 0. The zero-order chi connectivity index (χ0) is 13.1. The molecule has 0 saturated heterocycles. The van der Waals surface area contributed by atoms with Gasteiger partial charge >= 0.3 is 24.2 Å². The van der Waals surface area contributed by atoms with Gasteiger partial charge in [-0.25, -0.2) is 4.39 Å². The molecule has 1 nitrogen and oxygen atoms in total. The number of alkyl halides is 5. The molecule has 0 atom stereocenters. The number of ether oxygens (including phenoxy) is 1. The molecule has 0 aliphatic heterocycles. The van der Waals surface area contributed by atoms with Crippen molar-refractivity contribution in [2.75, 3.05) is 0 Å². The average Bonchev–Trinajstić information content (AvgIpc) is 2.11. The van der Waals surface area contributed by atoms with E-state index in [1.54, 1.807) is 0 Å². The predicted octanol–water partition coefficient (Wildman–Crippen LogP) is 4.05. The smallest absolute Gasteiger partial charge is 0.433 e. The summed E-state index contributed by atoms with van der Waals surface area (Å²) in [5.74, 6) is -9.20. The van der Waals surface area contributed by atoms with E-state index in [-0.39, 0.29) is 0 Å². The molecule has 0 amide bonds. The Morgan fingerprint density at radius 2 is 1.31 bits per heavy atom. The van der Waals surface area contributed by atoms with Crippen LogP contribution in [0, 0.1) is 0 Å². The van der Waals surface area contributed by atoms with Gasteiger partial charge in [0, 0.05) is 0 Å². The van der Waals surface area contributed by atoms with Crippen molar-refractivity contribution in [2.45, 2.75) is 12.1 Å². The molecule has 0 saturated carbocycles. The third-order valence-electron chi connectivity index (χ3n) is 1.07. The molecular weight excluding hydrogens is 259 g/mol. The van der Waals surface area contributed by atoms with Crippen LogP contribution in [0.2, 0.25) is 0 Å². The molecule has 0 unspecified atom stereocenters. The van der Waals surface area contributed by atoms with Crippen LogP contribution in [0.3, 0.4) is 0 Å². The van der Waals surface area contributed by atoms with Crippen LogP contribution in [0.1, 0.15) is 0 Å². The minimum atomic E-state index is -6.29. The first kappa shape index (κ1) is 14.6. The molecule has 0 fully saturated rings. The van der Waals surface area contributed by atoms with E-state index < -0.39 is 36.3 Å². The van der Waals surface area contributed by atoms with Crippen LogP contribution in [0.4, 0.5) is 39.5 Å². The van der Waals surface area contributed by atoms with Gasteiger partial charge in [-0.2, -0.15) is 35.1 Å². The van der Waals surface area contributed by atoms with Gasteiger partial charge in [0.1, 0.15) is 6.26 Å². The molecule has 0 aromatic rings. The van der Waals surface area contributed by atoms with E-state index in [1.165, 1.54) is 0 Å². The van der Waals surface area contributed by atoms with Crippen LogP contribution >= 0.6 is 0 Å². The minimum absolute atomic E-state index is 1.10. The van der Waals surface area contributed by atoms with Gasteiger partial charge in [-0.05, 0) is 0 Å². The Kier molecular flexibility index (Phi) is 4.27. The Labute approximate surface area is 81.8 Å². The first-order valence-electron chi connectivity index (χ1n) is 3.18. The third-order valence-corrected chi connectivity index (χ3v) is 1.07. The summed E-state index contributed by atoms with van der Waals surface area (Å²) in [6.07, 6.45) is -10.5. The lowest BCUT2D eigenvalue weighted by Crippen LogP contribution is -2.37. The van der Waals surface area contributed by atoms with Gasteiger partial charge in [0.25, 0.3) is 0 Å². The van der Waals surface area contributed by atoms with Gasteiger partial charge in [0.15, 0.2) is 0 Å². The zero-order valence-electron chi connectivity index (χ0n) is 6.89. The highest BCUT2D eigenvalue weighted by Crippen LogP contribution is 2.41. The summed E-state index contributed by atoms with van der Waals surface area (Å²) in [4.78, 5) is 0. The molecule has 0 rings (SSSR count). The molecule has 0 spiro atoms. The molecule has 0 bridgehead atoms. The molecule has 0 N–H and O–H groups in total. The Hall–Kier alpha value is -1.35. The Bertz CT molecular complexity index is 308. The van der Waals surface area contributed by atoms with Crippen LogP contribution < -0.4 is 0 Å². The largest absolute Gasteiger partial charge is 0.460 e. The Morgan fingerprint density at radius 3 is 1.62 bits per heavy atom. The van der Waals surface area contributed by atoms with Gasteiger partial charge in [0.2, 0.25) is 5.83 Å². The van der Waals surface area contributed by atoms with E-state index in [0.717, 1.165) is 0 Å². The summed E-state index contributed by atoms with van der Waals surface area (Å²) in [6.45, 7) is 0. The lowest BCUT2D eigenvalue weighted by molar-refractivity contribution is -0.271. The fourth-order valence-electron chi connectivity index (χ4n) is 0.357. The molecule has 0 radical (unpaired) electrons. The second-order valence-electron chi connectivity index (χ2n) is 2.19. The van der Waals surface area contributed by atoms with Crippen molar-refractivity contribution >= 4 is 0 Å². The van der Waals surface area contributed by atoms with E-state index >= 15 is 0 Å². The number of allylic oxidation sites excluding steroid dienone is 1. The molecule has 0 aromatic carbocycles. The summed E-state index contributed by atoms with van der Waals surface area (Å²) < 4.78 is 108. The summed E-state index contributed by atoms with van der Waals surface area (Å²) in [5, 5.41) is 0. The maximum Gasteiger partial charge on any atom is 0.460 e. The van der Waals surface area contributed by atoms with E-state index in [2.05, 4.69) is 4.74 Å². The van der Waals surface area contributed by atoms with E-state index in [0.29, 0.717) is 0 Å². The molecule has 10 heteroatoms. The van der Waals surface area contributed by atoms with Gasteiger partial charge < -0.3 is 4.74 Å². The first-order chi connectivity index (χ1) is 7.00. The van der Waals surface area contributed by atoms with Crippen molar-refractivity contribution in [2.24, 2.45) is 0 Å². The summed E-state index contributed by atoms with van der Waals surface area (Å²) >= 11 is 0. The fourth-order valence-corrected chi connectivity index (χ4v) is 0.357. The summed E-state index contributed by atoms with van der Waals surface area (Å²) in [6, 6.07) is -2.78. The average molecular weight is 260 g/mol. The number of halogens is 9. The monoisotopic (exact) mass is 260 g/mol. The molecule has 16 heavy (non-hydrogen) atoms. The van der Waals surface area contributed by atoms with Gasteiger partial charge in [-0.1, -0.05) is 0 Å². The van der Waals surface area contributed by atoms with Crippen molar-refractivity contribution < 1.29 is 44.3 Å². The minimum Gasteiger partial charge on any atom is -0.433 e. The number of hydrogen-bond acceptors (Lipinski definition) is 1. The topological polar surface area (TPSA) is 9.23 Å². The molecule has 0 aromatic heterocycles. The summed E-state index contributed by atoms with van der Waals surface area (Å²) in [5.41, 5.74) is 0. The highest BCUT2D eigenvalue weighted by atomic mass is 19.4. The maximum absolute atomic E-state index is 12.1. The highest BCUT2D eigenvalue weighted by Gasteiger charge is 2.61. The normalized spacial score (nSPS) is 13.7. The fraction of sp³-hybridized carbons (Fsp3) is 0.333. The molecule has 0 heterocycles. The predicted molar refractivity (Wildman–Crippen MR) is 31.6 cm³/mol. The standard InChI is InChI=1S/C6HF9O/c7-2(1-16-4(10)3(8)9)5(11,12)6(13,14)15/h1H/b2-1-. The first-order valence-corrected chi connectivity index (χ1v) is 3.18. The molecule has 0 aliphatic rings. The van der Waals surface area contributed by atoms with Crippen LogP contribution in [-0.2, 0) is 4.74 Å². The third kappa shape index (κ3) is 3.35. The van der Waals surface area contributed by atoms with Crippen LogP contribution in [-0.4, -0.2) is 12.1 Å². The molecule has 94 valence electrons. The zero-order valence-corrected chi connectivity index (χ0v) is 6.89. The summed E-state index contributed by atoms with van der Waals surface area (Å²) in [7, 11) is 0. The maximum atomic E-state index is 12.1. The van der Waals surface area contributed by atoms with Crippen molar-refractivity contribution in [3.63, 3.8) is 0 Å². The quantitative estimate of drug-likeness (QED) is 0.549. The van der Waals surface area contributed by atoms with Gasteiger partial charge in [-0.3, -0.25) is 0 Å². The lowest BCUT2D eigenvalue weighted by Gasteiger charge is -2.16. The Morgan fingerprint density at radius 1 is 0.875 bits per heavy atom. The van der Waals surface area contributed by atoms with E-state index in [4.69, 9.17) is 0 Å². The van der Waals surface area contributed by atoms with Crippen molar-refractivity contribution in [1.29, 1.82) is 0 Å². The lowest BCUT2D eigenvalue weighted by atomic mass is 10.3. The van der Waals surface area contributed by atoms with Gasteiger partial charge in [0.05, 0.1) is 0 Å². The Balaban J connectivity index is 4.88. The van der Waals surface area contributed by atoms with E-state index in [1.807, 2.05) is 0 Å². The van der Waals surface area contributed by atoms with E-state index in [9.17, 15) is 39.5 Å².